The third-order valence-corrected chi connectivity index (χ3v) is 8.43. The van der Waals surface area contributed by atoms with Gasteiger partial charge in [-0.3, -0.25) is 4.79 Å². The number of aliphatic hydroxyl groups excluding tert-OH is 1. The van der Waals surface area contributed by atoms with Crippen LogP contribution in [0.5, 0.6) is 0 Å². The van der Waals surface area contributed by atoms with Crippen molar-refractivity contribution < 1.29 is 19.4 Å². The highest BCUT2D eigenvalue weighted by Gasteiger charge is 2.13. The van der Waals surface area contributed by atoms with Crippen LogP contribution in [0.3, 0.4) is 0 Å². The molecule has 0 aromatic heterocycles. The van der Waals surface area contributed by atoms with Crippen LogP contribution in [0.4, 0.5) is 0 Å². The lowest BCUT2D eigenvalue weighted by Gasteiger charge is -2.15. The van der Waals surface area contributed by atoms with Gasteiger partial charge in [-0.25, -0.2) is 0 Å². The predicted molar refractivity (Wildman–Crippen MR) is 178 cm³/mol. The summed E-state index contributed by atoms with van der Waals surface area (Å²) in [6, 6.07) is 0. The van der Waals surface area contributed by atoms with E-state index in [1.54, 1.807) is 0 Å². The van der Waals surface area contributed by atoms with Crippen LogP contribution in [0.2, 0.25) is 0 Å². The molecule has 0 heterocycles. The summed E-state index contributed by atoms with van der Waals surface area (Å²) in [6.07, 6.45) is 38.8. The molecule has 0 rings (SSSR count). The highest BCUT2D eigenvalue weighted by atomic mass is 16.6. The molecule has 0 radical (unpaired) electrons. The zero-order valence-electron chi connectivity index (χ0n) is 28.1. The summed E-state index contributed by atoms with van der Waals surface area (Å²) >= 11 is 0. The van der Waals surface area contributed by atoms with Gasteiger partial charge < -0.3 is 14.6 Å². The fourth-order valence-corrected chi connectivity index (χ4v) is 5.62. The van der Waals surface area contributed by atoms with Gasteiger partial charge in [0, 0.05) is 13.0 Å². The van der Waals surface area contributed by atoms with E-state index in [9.17, 15) is 9.90 Å². The topological polar surface area (TPSA) is 55.8 Å². The lowest BCUT2D eigenvalue weighted by atomic mass is 10.0. The Bertz CT molecular complexity index is 495. The zero-order valence-corrected chi connectivity index (χ0v) is 28.1. The van der Waals surface area contributed by atoms with E-state index in [1.165, 1.54) is 167 Å². The van der Waals surface area contributed by atoms with Crippen molar-refractivity contribution in [3.05, 3.63) is 0 Å². The average molecular weight is 583 g/mol. The van der Waals surface area contributed by atoms with E-state index in [0.29, 0.717) is 19.6 Å². The number of carbonyl (C=O) groups excluding carboxylic acids is 1. The Balaban J connectivity index is 3.29. The molecule has 0 spiro atoms. The molecule has 0 aliphatic carbocycles. The molecule has 0 bridgehead atoms. The summed E-state index contributed by atoms with van der Waals surface area (Å²) < 4.78 is 11.1. The van der Waals surface area contributed by atoms with E-state index in [1.807, 2.05) is 0 Å². The molecule has 0 aliphatic rings. The molecular formula is C37H74O4. The van der Waals surface area contributed by atoms with Gasteiger partial charge in [0.15, 0.2) is 0 Å². The molecule has 41 heavy (non-hydrogen) atoms. The maximum atomic E-state index is 12.0. The molecule has 0 aliphatic heterocycles. The van der Waals surface area contributed by atoms with Crippen molar-refractivity contribution >= 4 is 5.97 Å². The number of aliphatic hydroxyl groups is 1. The zero-order chi connectivity index (χ0) is 29.9. The first-order valence-corrected chi connectivity index (χ1v) is 18.6. The summed E-state index contributed by atoms with van der Waals surface area (Å²) in [5, 5.41) is 9.49. The number of ether oxygens (including phenoxy) is 2. The smallest absolute Gasteiger partial charge is 0.306 e. The summed E-state index contributed by atoms with van der Waals surface area (Å²) in [5.74, 6) is -0.203. The number of rotatable bonds is 35. The van der Waals surface area contributed by atoms with Gasteiger partial charge >= 0.3 is 5.97 Å². The Hall–Kier alpha value is -0.610. The number of esters is 1. The van der Waals surface area contributed by atoms with Crippen LogP contribution < -0.4 is 0 Å². The van der Waals surface area contributed by atoms with Crippen LogP contribution in [0.15, 0.2) is 0 Å². The second kappa shape index (κ2) is 35.6. The molecule has 0 aromatic carbocycles. The Morgan fingerprint density at radius 2 is 0.805 bits per heavy atom. The number of hydrogen-bond donors (Lipinski definition) is 1. The van der Waals surface area contributed by atoms with Gasteiger partial charge in [0.25, 0.3) is 0 Å². The Labute approximate surface area is 257 Å². The van der Waals surface area contributed by atoms with E-state index in [2.05, 4.69) is 13.8 Å². The van der Waals surface area contributed by atoms with E-state index >= 15 is 0 Å². The molecule has 4 heteroatoms. The SMILES string of the molecule is CCCCCCCCCCCCCCCCCCCCCCCCOCC(CO)OC(=O)CCCCCCCCC. The third-order valence-electron chi connectivity index (χ3n) is 8.43. The van der Waals surface area contributed by atoms with Crippen LogP contribution >= 0.6 is 0 Å². The molecule has 0 saturated heterocycles. The molecule has 0 amide bonds. The maximum absolute atomic E-state index is 12.0. The molecule has 1 unspecified atom stereocenters. The number of hydrogen-bond acceptors (Lipinski definition) is 4. The summed E-state index contributed by atoms with van der Waals surface area (Å²) in [7, 11) is 0. The summed E-state index contributed by atoms with van der Waals surface area (Å²) in [6.45, 7) is 5.34. The second-order valence-corrected chi connectivity index (χ2v) is 12.7. The average Bonchev–Trinajstić information content (AvgIpc) is 2.98. The molecule has 1 N–H and O–H groups in total. The minimum atomic E-state index is -0.522. The van der Waals surface area contributed by atoms with Gasteiger partial charge in [0.2, 0.25) is 0 Å². The fourth-order valence-electron chi connectivity index (χ4n) is 5.62. The Morgan fingerprint density at radius 3 is 1.15 bits per heavy atom. The van der Waals surface area contributed by atoms with Gasteiger partial charge in [-0.2, -0.15) is 0 Å². The van der Waals surface area contributed by atoms with Crippen LogP contribution in [-0.4, -0.2) is 37.0 Å². The van der Waals surface area contributed by atoms with Crippen molar-refractivity contribution in [3.63, 3.8) is 0 Å². The molecular weight excluding hydrogens is 508 g/mol. The second-order valence-electron chi connectivity index (χ2n) is 12.7. The van der Waals surface area contributed by atoms with Crippen molar-refractivity contribution in [2.24, 2.45) is 0 Å². The Morgan fingerprint density at radius 1 is 0.488 bits per heavy atom. The first kappa shape index (κ1) is 40.4. The molecule has 246 valence electrons. The third kappa shape index (κ3) is 33.8. The monoisotopic (exact) mass is 583 g/mol. The van der Waals surface area contributed by atoms with Crippen LogP contribution in [0, 0.1) is 0 Å². The highest BCUT2D eigenvalue weighted by molar-refractivity contribution is 5.69. The van der Waals surface area contributed by atoms with Gasteiger partial charge in [-0.1, -0.05) is 187 Å². The van der Waals surface area contributed by atoms with Crippen molar-refractivity contribution in [1.82, 2.24) is 0 Å². The molecule has 1 atom stereocenters. The first-order valence-electron chi connectivity index (χ1n) is 18.6. The number of carbonyl (C=O) groups is 1. The molecule has 0 aromatic rings. The van der Waals surface area contributed by atoms with Crippen LogP contribution in [-0.2, 0) is 14.3 Å². The maximum Gasteiger partial charge on any atom is 0.306 e. The van der Waals surface area contributed by atoms with Crippen molar-refractivity contribution in [2.75, 3.05) is 19.8 Å². The van der Waals surface area contributed by atoms with Gasteiger partial charge in [-0.15, -0.1) is 0 Å². The molecule has 0 fully saturated rings. The van der Waals surface area contributed by atoms with E-state index in [4.69, 9.17) is 9.47 Å². The van der Waals surface area contributed by atoms with Crippen molar-refractivity contribution in [1.29, 1.82) is 0 Å². The molecule has 4 nitrogen and oxygen atoms in total. The normalized spacial score (nSPS) is 12.2. The van der Waals surface area contributed by atoms with E-state index in [-0.39, 0.29) is 12.6 Å². The first-order chi connectivity index (χ1) is 20.2. The van der Waals surface area contributed by atoms with Gasteiger partial charge in [0.05, 0.1) is 13.2 Å². The highest BCUT2D eigenvalue weighted by Crippen LogP contribution is 2.15. The minimum absolute atomic E-state index is 0.165. The fraction of sp³-hybridized carbons (Fsp3) is 0.973. The minimum Gasteiger partial charge on any atom is -0.457 e. The summed E-state index contributed by atoms with van der Waals surface area (Å²) in [5.41, 5.74) is 0. The summed E-state index contributed by atoms with van der Waals surface area (Å²) in [4.78, 5) is 12.0. The quantitative estimate of drug-likeness (QED) is 0.0596. The van der Waals surface area contributed by atoms with Crippen LogP contribution in [0.1, 0.15) is 206 Å². The lowest BCUT2D eigenvalue weighted by molar-refractivity contribution is -0.154. The predicted octanol–water partition coefficient (Wildman–Crippen LogP) is 11.6. The van der Waals surface area contributed by atoms with Crippen LogP contribution in [0.25, 0.3) is 0 Å². The standard InChI is InChI=1S/C37H74O4/c1-3-5-7-9-11-12-13-14-15-16-17-18-19-20-21-22-23-24-25-27-29-31-33-40-35-36(34-38)41-37(39)32-30-28-26-10-8-6-4-2/h36,38H,3-35H2,1-2H3. The lowest BCUT2D eigenvalue weighted by Crippen LogP contribution is -2.27. The largest absolute Gasteiger partial charge is 0.457 e. The number of unbranched alkanes of at least 4 members (excludes halogenated alkanes) is 27. The van der Waals surface area contributed by atoms with Gasteiger partial charge in [-0.05, 0) is 12.8 Å². The van der Waals surface area contributed by atoms with Gasteiger partial charge in [0.1, 0.15) is 6.10 Å². The molecule has 0 saturated carbocycles. The van der Waals surface area contributed by atoms with E-state index in [0.717, 1.165) is 19.3 Å². The van der Waals surface area contributed by atoms with Crippen molar-refractivity contribution in [2.45, 2.75) is 213 Å². The van der Waals surface area contributed by atoms with Crippen molar-refractivity contribution in [3.8, 4) is 0 Å². The Kier molecular flexibility index (Phi) is 35.1. The van der Waals surface area contributed by atoms with E-state index < -0.39 is 6.10 Å².